The van der Waals surface area contributed by atoms with E-state index in [1.165, 1.54) is 18.3 Å². The van der Waals surface area contributed by atoms with E-state index in [1.807, 2.05) is 43.3 Å². The number of hydrogen-bond donors (Lipinski definition) is 1. The highest BCUT2D eigenvalue weighted by Gasteiger charge is 2.04. The summed E-state index contributed by atoms with van der Waals surface area (Å²) in [5.74, 6) is 0.448. The van der Waals surface area contributed by atoms with Crippen LogP contribution < -0.4 is 5.43 Å². The predicted octanol–water partition coefficient (Wildman–Crippen LogP) is 3.49. The smallest absolute Gasteiger partial charge is 0.261 e. The summed E-state index contributed by atoms with van der Waals surface area (Å²) in [4.78, 5) is 13.9. The number of hydrogen-bond acceptors (Lipinski definition) is 5. The molecule has 1 aromatic carbocycles. The first-order chi connectivity index (χ1) is 10.1. The number of nitrogens with zero attached hydrogens (tertiary/aromatic N) is 3. The van der Waals surface area contributed by atoms with E-state index in [-0.39, 0.29) is 5.69 Å². The molecule has 6 nitrogen and oxygen atoms in total. The maximum absolute atomic E-state index is 10.5. The topological polar surface area (TPSA) is 80.4 Å². The van der Waals surface area contributed by atoms with E-state index in [4.69, 9.17) is 0 Å². The normalized spacial score (nSPS) is 11.6. The van der Waals surface area contributed by atoms with Crippen molar-refractivity contribution < 1.29 is 4.92 Å². The average molecular weight is 282 g/mol. The average Bonchev–Trinajstić information content (AvgIpc) is 2.49. The van der Waals surface area contributed by atoms with Crippen molar-refractivity contribution in [1.29, 1.82) is 0 Å². The zero-order valence-corrected chi connectivity index (χ0v) is 11.4. The second-order valence-corrected chi connectivity index (χ2v) is 4.33. The molecule has 0 amide bonds. The molecule has 1 aromatic heterocycles. The molecular formula is C15H14N4O2. The van der Waals surface area contributed by atoms with Crippen LogP contribution in [0.15, 0.2) is 59.3 Å². The van der Waals surface area contributed by atoms with E-state index >= 15 is 0 Å². The number of nitro groups is 1. The predicted molar refractivity (Wildman–Crippen MR) is 83.1 cm³/mol. The Morgan fingerprint density at radius 2 is 2.05 bits per heavy atom. The maximum Gasteiger partial charge on any atom is 0.287 e. The van der Waals surface area contributed by atoms with Gasteiger partial charge in [-0.3, -0.25) is 15.5 Å². The molecule has 0 fully saturated rings. The Morgan fingerprint density at radius 1 is 1.29 bits per heavy atom. The number of anilines is 1. The van der Waals surface area contributed by atoms with Gasteiger partial charge in [-0.05, 0) is 24.1 Å². The summed E-state index contributed by atoms with van der Waals surface area (Å²) in [5, 5.41) is 14.5. The number of allylic oxidation sites excluding steroid dienone is 1. The van der Waals surface area contributed by atoms with Crippen molar-refractivity contribution >= 4 is 23.8 Å². The summed E-state index contributed by atoms with van der Waals surface area (Å²) in [6.07, 6.45) is 4.84. The molecule has 0 bridgehead atoms. The number of aromatic nitrogens is 1. The van der Waals surface area contributed by atoms with Gasteiger partial charge in [-0.25, -0.2) is 4.98 Å². The Balaban J connectivity index is 1.95. The first kappa shape index (κ1) is 14.4. The summed E-state index contributed by atoms with van der Waals surface area (Å²) in [5.41, 5.74) is 4.73. The standard InChI is InChI=1S/C15H14N4O2/c1-12(9-13-5-3-2-4-6-13)10-17-18-15-8-7-14(11-16-15)19(20)21/h2-11H,1H3,(H,16,18)/b12-9+,17-10-. The van der Waals surface area contributed by atoms with Crippen molar-refractivity contribution in [2.24, 2.45) is 5.10 Å². The minimum Gasteiger partial charge on any atom is -0.261 e. The molecule has 0 atom stereocenters. The molecule has 0 aliphatic heterocycles. The molecule has 0 unspecified atom stereocenters. The third kappa shape index (κ3) is 4.54. The van der Waals surface area contributed by atoms with Crippen LogP contribution in [0.3, 0.4) is 0 Å². The van der Waals surface area contributed by atoms with Gasteiger partial charge in [-0.15, -0.1) is 0 Å². The van der Waals surface area contributed by atoms with Gasteiger partial charge >= 0.3 is 0 Å². The van der Waals surface area contributed by atoms with Crippen LogP contribution in [0.1, 0.15) is 12.5 Å². The van der Waals surface area contributed by atoms with Gasteiger partial charge in [0, 0.05) is 6.07 Å². The number of pyridine rings is 1. The van der Waals surface area contributed by atoms with Crippen molar-refractivity contribution in [2.45, 2.75) is 6.92 Å². The van der Waals surface area contributed by atoms with Crippen LogP contribution in [0.2, 0.25) is 0 Å². The first-order valence-electron chi connectivity index (χ1n) is 6.28. The lowest BCUT2D eigenvalue weighted by atomic mass is 10.1. The zero-order chi connectivity index (χ0) is 15.1. The van der Waals surface area contributed by atoms with Crippen molar-refractivity contribution in [1.82, 2.24) is 4.98 Å². The summed E-state index contributed by atoms with van der Waals surface area (Å²) >= 11 is 0. The molecule has 0 radical (unpaired) electrons. The second kappa shape index (κ2) is 6.95. The number of hydrazone groups is 1. The Morgan fingerprint density at radius 3 is 2.67 bits per heavy atom. The highest BCUT2D eigenvalue weighted by atomic mass is 16.6. The van der Waals surface area contributed by atoms with Crippen molar-refractivity contribution in [3.8, 4) is 0 Å². The highest BCUT2D eigenvalue weighted by Crippen LogP contribution is 2.11. The third-order valence-corrected chi connectivity index (χ3v) is 2.60. The van der Waals surface area contributed by atoms with E-state index in [9.17, 15) is 10.1 Å². The number of benzene rings is 1. The fourth-order valence-electron chi connectivity index (χ4n) is 1.61. The molecule has 1 N–H and O–H groups in total. The van der Waals surface area contributed by atoms with Crippen LogP contribution in [0, 0.1) is 10.1 Å². The van der Waals surface area contributed by atoms with Crippen LogP contribution in [-0.4, -0.2) is 16.1 Å². The van der Waals surface area contributed by atoms with Crippen LogP contribution in [-0.2, 0) is 0 Å². The molecule has 6 heteroatoms. The van der Waals surface area contributed by atoms with Crippen LogP contribution in [0.25, 0.3) is 6.08 Å². The summed E-state index contributed by atoms with van der Waals surface area (Å²) in [6, 6.07) is 12.8. The van der Waals surface area contributed by atoms with Gasteiger partial charge in [-0.1, -0.05) is 36.4 Å². The zero-order valence-electron chi connectivity index (χ0n) is 11.4. The quantitative estimate of drug-likeness (QED) is 0.517. The monoisotopic (exact) mass is 282 g/mol. The molecule has 0 saturated heterocycles. The van der Waals surface area contributed by atoms with Crippen LogP contribution in [0.4, 0.5) is 11.5 Å². The third-order valence-electron chi connectivity index (χ3n) is 2.60. The molecule has 0 aliphatic carbocycles. The van der Waals surface area contributed by atoms with Gasteiger partial charge in [-0.2, -0.15) is 5.10 Å². The summed E-state index contributed by atoms with van der Waals surface area (Å²) in [6.45, 7) is 1.93. The molecule has 106 valence electrons. The Bertz CT molecular complexity index is 664. The first-order valence-corrected chi connectivity index (χ1v) is 6.28. The maximum atomic E-state index is 10.5. The number of rotatable bonds is 5. The lowest BCUT2D eigenvalue weighted by Crippen LogP contribution is -1.94. The molecule has 2 rings (SSSR count). The second-order valence-electron chi connectivity index (χ2n) is 4.33. The van der Waals surface area contributed by atoms with Gasteiger partial charge < -0.3 is 0 Å². The minimum absolute atomic E-state index is 0.0512. The Kier molecular flexibility index (Phi) is 4.76. The minimum atomic E-state index is -0.493. The van der Waals surface area contributed by atoms with Crippen molar-refractivity contribution in [2.75, 3.05) is 5.43 Å². The summed E-state index contributed by atoms with van der Waals surface area (Å²) in [7, 11) is 0. The molecule has 0 aliphatic rings. The molecule has 21 heavy (non-hydrogen) atoms. The van der Waals surface area contributed by atoms with Crippen LogP contribution >= 0.6 is 0 Å². The van der Waals surface area contributed by atoms with E-state index < -0.39 is 4.92 Å². The van der Waals surface area contributed by atoms with E-state index in [0.717, 1.165) is 11.1 Å². The van der Waals surface area contributed by atoms with Crippen molar-refractivity contribution in [3.63, 3.8) is 0 Å². The highest BCUT2D eigenvalue weighted by molar-refractivity contribution is 5.85. The Hall–Kier alpha value is -3.02. The fraction of sp³-hybridized carbons (Fsp3) is 0.0667. The molecule has 1 heterocycles. The van der Waals surface area contributed by atoms with E-state index in [1.54, 1.807) is 6.21 Å². The molecule has 0 saturated carbocycles. The van der Waals surface area contributed by atoms with Gasteiger partial charge in [0.1, 0.15) is 12.0 Å². The summed E-state index contributed by atoms with van der Waals surface area (Å²) < 4.78 is 0. The lowest BCUT2D eigenvalue weighted by Gasteiger charge is -1.98. The van der Waals surface area contributed by atoms with Gasteiger partial charge in [0.25, 0.3) is 5.69 Å². The van der Waals surface area contributed by atoms with Crippen molar-refractivity contribution in [3.05, 3.63) is 69.9 Å². The lowest BCUT2D eigenvalue weighted by molar-refractivity contribution is -0.385. The fourth-order valence-corrected chi connectivity index (χ4v) is 1.61. The molecule has 2 aromatic rings. The van der Waals surface area contributed by atoms with Gasteiger partial charge in [0.05, 0.1) is 11.1 Å². The van der Waals surface area contributed by atoms with Gasteiger partial charge in [0.2, 0.25) is 0 Å². The SMILES string of the molecule is CC(/C=N\Nc1ccc([N+](=O)[O-])cn1)=C\c1ccccc1. The van der Waals surface area contributed by atoms with E-state index in [2.05, 4.69) is 15.5 Å². The largest absolute Gasteiger partial charge is 0.287 e. The molecule has 0 spiro atoms. The van der Waals surface area contributed by atoms with Crippen LogP contribution in [0.5, 0.6) is 0 Å². The molecular weight excluding hydrogens is 268 g/mol. The Labute approximate surface area is 122 Å². The number of nitrogens with one attached hydrogen (secondary N) is 1. The van der Waals surface area contributed by atoms with Gasteiger partial charge in [0.15, 0.2) is 0 Å². The van der Waals surface area contributed by atoms with E-state index in [0.29, 0.717) is 5.82 Å².